The second-order valence-corrected chi connectivity index (χ2v) is 7.57. The van der Waals surface area contributed by atoms with E-state index in [1.807, 2.05) is 18.2 Å². The maximum atomic E-state index is 11.9. The van der Waals surface area contributed by atoms with E-state index < -0.39 is 12.0 Å². The number of Topliss-reactive ketones (excluding diaryl/α,β-unsaturated/α-hetero) is 1. The van der Waals surface area contributed by atoms with Crippen molar-refractivity contribution in [1.82, 2.24) is 4.98 Å². The number of rotatable bonds is 7. The van der Waals surface area contributed by atoms with Gasteiger partial charge in [-0.3, -0.25) is 9.79 Å². The number of carboxylic acids is 1. The Morgan fingerprint density at radius 1 is 1.38 bits per heavy atom. The number of carboxylic acid groups (broad SMARTS) is 1. The van der Waals surface area contributed by atoms with Gasteiger partial charge in [-0.1, -0.05) is 6.07 Å². The van der Waals surface area contributed by atoms with Gasteiger partial charge in [0.1, 0.15) is 15.8 Å². The molecule has 1 aliphatic rings. The molecule has 1 aromatic carbocycles. The molecule has 0 fully saturated rings. The van der Waals surface area contributed by atoms with E-state index in [0.717, 1.165) is 20.8 Å². The number of carbonyl (C=O) groups is 2. The highest BCUT2D eigenvalue weighted by Gasteiger charge is 2.26. The lowest BCUT2D eigenvalue weighted by Crippen LogP contribution is -2.17. The average molecular weight is 363 g/mol. The average Bonchev–Trinajstić information content (AvgIpc) is 3.18. The molecule has 126 valence electrons. The van der Waals surface area contributed by atoms with E-state index in [1.165, 1.54) is 23.1 Å². The van der Waals surface area contributed by atoms with Crippen molar-refractivity contribution in [3.63, 3.8) is 0 Å². The van der Waals surface area contributed by atoms with Crippen molar-refractivity contribution in [2.24, 2.45) is 10.7 Å². The number of thioether (sulfide) groups is 1. The molecule has 3 rings (SSSR count). The van der Waals surface area contributed by atoms with Crippen molar-refractivity contribution >= 4 is 50.1 Å². The zero-order chi connectivity index (χ0) is 17.1. The van der Waals surface area contributed by atoms with Crippen LogP contribution in [0.1, 0.15) is 23.4 Å². The van der Waals surface area contributed by atoms with Gasteiger partial charge >= 0.3 is 5.97 Å². The minimum absolute atomic E-state index is 0.185. The molecule has 3 N–H and O–H groups in total. The Morgan fingerprint density at radius 3 is 2.92 bits per heavy atom. The molecule has 1 aromatic heterocycles. The van der Waals surface area contributed by atoms with Gasteiger partial charge < -0.3 is 10.8 Å². The van der Waals surface area contributed by atoms with Crippen molar-refractivity contribution in [3.05, 3.63) is 28.8 Å². The number of thiazole rings is 1. The van der Waals surface area contributed by atoms with Crippen LogP contribution in [-0.4, -0.2) is 45.2 Å². The molecular formula is C16H17N3O3S2. The number of nitrogens with zero attached hydrogens (tertiary/aromatic N) is 2. The van der Waals surface area contributed by atoms with Gasteiger partial charge in [-0.2, -0.15) is 0 Å². The lowest BCUT2D eigenvalue weighted by atomic mass is 10.1. The van der Waals surface area contributed by atoms with Crippen LogP contribution in [0.15, 0.2) is 23.2 Å². The summed E-state index contributed by atoms with van der Waals surface area (Å²) in [6.45, 7) is 0.528. The van der Waals surface area contributed by atoms with Crippen LogP contribution in [0.5, 0.6) is 0 Å². The third-order valence-corrected chi connectivity index (χ3v) is 5.84. The molecule has 0 radical (unpaired) electrons. The van der Waals surface area contributed by atoms with E-state index in [-0.39, 0.29) is 5.78 Å². The monoisotopic (exact) mass is 363 g/mol. The number of hydrogen-bond donors (Lipinski definition) is 2. The van der Waals surface area contributed by atoms with Gasteiger partial charge in [0.25, 0.3) is 0 Å². The maximum absolute atomic E-state index is 11.9. The highest BCUT2D eigenvalue weighted by Crippen LogP contribution is 2.30. The van der Waals surface area contributed by atoms with Gasteiger partial charge in [0.05, 0.1) is 10.2 Å². The molecule has 2 heterocycles. The third kappa shape index (κ3) is 3.82. The lowest BCUT2D eigenvalue weighted by molar-refractivity contribution is -0.137. The first-order valence-corrected chi connectivity index (χ1v) is 9.42. The Balaban J connectivity index is 1.78. The fourth-order valence-electron chi connectivity index (χ4n) is 2.40. The summed E-state index contributed by atoms with van der Waals surface area (Å²) in [4.78, 5) is 31.6. The number of aliphatic imine (C=N–C) groups is 1. The molecular weight excluding hydrogens is 346 g/mol. The summed E-state index contributed by atoms with van der Waals surface area (Å²) in [6, 6.07) is 5.10. The number of fused-ring (bicyclic) bond motifs is 1. The minimum Gasteiger partial charge on any atom is -0.480 e. The van der Waals surface area contributed by atoms with Crippen molar-refractivity contribution in [2.45, 2.75) is 25.3 Å². The molecule has 0 saturated heterocycles. The molecule has 24 heavy (non-hydrogen) atoms. The Morgan fingerprint density at radius 2 is 2.21 bits per heavy atom. The Hall–Kier alpha value is -1.77. The molecule has 0 aliphatic carbocycles. The quantitative estimate of drug-likeness (QED) is 0.780. The van der Waals surface area contributed by atoms with Gasteiger partial charge in [-0.15, -0.1) is 23.1 Å². The normalized spacial score (nSPS) is 17.2. The molecule has 6 nitrogen and oxygen atoms in total. The zero-order valence-corrected chi connectivity index (χ0v) is 14.5. The first-order chi connectivity index (χ1) is 11.6. The van der Waals surface area contributed by atoms with Crippen LogP contribution in [-0.2, 0) is 16.0 Å². The van der Waals surface area contributed by atoms with Crippen molar-refractivity contribution in [1.29, 1.82) is 0 Å². The van der Waals surface area contributed by atoms with Crippen LogP contribution in [0.2, 0.25) is 0 Å². The predicted molar refractivity (Wildman–Crippen MR) is 97.0 cm³/mol. The van der Waals surface area contributed by atoms with Gasteiger partial charge in [-0.05, 0) is 30.7 Å². The Bertz CT molecular complexity index is 816. The van der Waals surface area contributed by atoms with Gasteiger partial charge in [0.2, 0.25) is 0 Å². The highest BCUT2D eigenvalue weighted by molar-refractivity contribution is 8.15. The second-order valence-electron chi connectivity index (χ2n) is 5.53. The fraction of sp³-hybridized carbons (Fsp3) is 0.375. The molecule has 8 heteroatoms. The van der Waals surface area contributed by atoms with Crippen LogP contribution in [0.25, 0.3) is 10.2 Å². The van der Waals surface area contributed by atoms with E-state index in [0.29, 0.717) is 36.6 Å². The molecule has 0 spiro atoms. The Kier molecular flexibility index (Phi) is 5.27. The zero-order valence-electron chi connectivity index (χ0n) is 12.9. The summed E-state index contributed by atoms with van der Waals surface area (Å²) in [6.07, 6.45) is 1.63. The molecule has 1 aliphatic heterocycles. The standard InChI is InChI=1S/C16H17N3O3S2/c17-5-1-2-10(20)6-9-3-4-11-13(7-9)24-15(18-11)14-19-12(8-23-14)16(21)22/h3-4,7,12H,1-2,5-6,8,17H2,(H,21,22)/t12-/m1/s1. The van der Waals surface area contributed by atoms with Crippen LogP contribution in [0, 0.1) is 0 Å². The summed E-state index contributed by atoms with van der Waals surface area (Å²) in [7, 11) is 0. The largest absolute Gasteiger partial charge is 0.480 e. The SMILES string of the molecule is NCCCC(=O)Cc1ccc2nc(C3=N[C@@H](C(=O)O)CS3)sc2c1. The summed E-state index contributed by atoms with van der Waals surface area (Å²) >= 11 is 2.90. The van der Waals surface area contributed by atoms with E-state index in [1.54, 1.807) is 0 Å². The van der Waals surface area contributed by atoms with E-state index >= 15 is 0 Å². The third-order valence-electron chi connectivity index (χ3n) is 3.63. The molecule has 0 bridgehead atoms. The number of carbonyl (C=O) groups excluding carboxylic acids is 1. The first kappa shape index (κ1) is 17.1. The second kappa shape index (κ2) is 7.42. The molecule has 2 aromatic rings. The molecule has 0 saturated carbocycles. The first-order valence-electron chi connectivity index (χ1n) is 7.62. The lowest BCUT2D eigenvalue weighted by Gasteiger charge is -2.00. The van der Waals surface area contributed by atoms with Crippen molar-refractivity contribution < 1.29 is 14.7 Å². The van der Waals surface area contributed by atoms with Gasteiger partial charge in [0, 0.05) is 18.6 Å². The maximum Gasteiger partial charge on any atom is 0.329 e. The van der Waals surface area contributed by atoms with Crippen LogP contribution >= 0.6 is 23.1 Å². The minimum atomic E-state index is -0.906. The van der Waals surface area contributed by atoms with Gasteiger partial charge in [0.15, 0.2) is 6.04 Å². The number of aromatic nitrogens is 1. The van der Waals surface area contributed by atoms with E-state index in [9.17, 15) is 9.59 Å². The summed E-state index contributed by atoms with van der Waals surface area (Å²) in [5.74, 6) is -0.275. The molecule has 1 atom stereocenters. The fourth-order valence-corrected chi connectivity index (χ4v) is 4.53. The number of hydrogen-bond acceptors (Lipinski definition) is 7. The summed E-state index contributed by atoms with van der Waals surface area (Å²) in [5.41, 5.74) is 7.23. The molecule has 0 unspecified atom stereocenters. The highest BCUT2D eigenvalue weighted by atomic mass is 32.2. The van der Waals surface area contributed by atoms with Crippen LogP contribution < -0.4 is 5.73 Å². The van der Waals surface area contributed by atoms with Crippen LogP contribution in [0.4, 0.5) is 0 Å². The van der Waals surface area contributed by atoms with Crippen molar-refractivity contribution in [2.75, 3.05) is 12.3 Å². The number of aliphatic carboxylic acids is 1. The number of benzene rings is 1. The summed E-state index contributed by atoms with van der Waals surface area (Å²) < 4.78 is 0.983. The smallest absolute Gasteiger partial charge is 0.329 e. The van der Waals surface area contributed by atoms with Gasteiger partial charge in [-0.25, -0.2) is 9.78 Å². The van der Waals surface area contributed by atoms with E-state index in [4.69, 9.17) is 10.8 Å². The topological polar surface area (TPSA) is 106 Å². The predicted octanol–water partition coefficient (Wildman–Crippen LogP) is 2.09. The number of ketones is 1. The summed E-state index contributed by atoms with van der Waals surface area (Å²) in [5, 5.41) is 10.4. The van der Waals surface area contributed by atoms with Crippen molar-refractivity contribution in [3.8, 4) is 0 Å². The number of nitrogens with two attached hydrogens (primary N) is 1. The van der Waals surface area contributed by atoms with Crippen LogP contribution in [0.3, 0.4) is 0 Å². The molecule has 0 amide bonds. The Labute approximate surface area is 147 Å². The van der Waals surface area contributed by atoms with E-state index in [2.05, 4.69) is 9.98 Å².